The van der Waals surface area contributed by atoms with Crippen LogP contribution in [0.25, 0.3) is 11.1 Å². The van der Waals surface area contributed by atoms with Crippen LogP contribution in [0.1, 0.15) is 25.1 Å². The molecule has 0 unspecified atom stereocenters. The second-order valence-electron chi connectivity index (χ2n) is 6.18. The molecule has 0 atom stereocenters. The second-order valence-corrected chi connectivity index (χ2v) is 8.29. The van der Waals surface area contributed by atoms with E-state index in [2.05, 4.69) is 0 Å². The van der Waals surface area contributed by atoms with E-state index >= 15 is 0 Å². The zero-order chi connectivity index (χ0) is 23.9. The maximum Gasteiger partial charge on any atom is 0.432 e. The van der Waals surface area contributed by atoms with Gasteiger partial charge in [-0.25, -0.2) is 21.9 Å². The highest BCUT2D eigenvalue weighted by Gasteiger charge is 2.40. The molecule has 0 bridgehead atoms. The van der Waals surface area contributed by atoms with Crippen molar-refractivity contribution < 1.29 is 30.8 Å². The molecule has 2 aromatic rings. The average Bonchev–Trinajstić information content (AvgIpc) is 2.64. The highest BCUT2D eigenvalue weighted by Crippen LogP contribution is 2.37. The summed E-state index contributed by atoms with van der Waals surface area (Å²) in [6, 6.07) is 2.34. The molecule has 0 saturated carbocycles. The predicted molar refractivity (Wildman–Crippen MR) is 100 cm³/mol. The molecule has 2 rings (SSSR count). The lowest BCUT2D eigenvalue weighted by Gasteiger charge is -2.23. The van der Waals surface area contributed by atoms with Gasteiger partial charge in [-0.3, -0.25) is 19.1 Å². The maximum absolute atomic E-state index is 14.7. The van der Waals surface area contributed by atoms with E-state index in [1.54, 1.807) is 4.98 Å². The van der Waals surface area contributed by atoms with Crippen molar-refractivity contribution in [3.05, 3.63) is 50.0 Å². The van der Waals surface area contributed by atoms with Gasteiger partial charge in [0.2, 0.25) is 15.9 Å². The molecule has 1 aromatic carbocycles. The molecule has 1 N–H and O–H groups in total. The molecule has 0 fully saturated rings. The molecule has 0 aliphatic heterocycles. The van der Waals surface area contributed by atoms with Crippen LogP contribution in [0.2, 0.25) is 0 Å². The quantitative estimate of drug-likeness (QED) is 0.685. The molecular formula is C17H14F4N4O5S. The molecule has 0 spiro atoms. The zero-order valence-electron chi connectivity index (χ0n) is 16.2. The number of carbonyl (C=O) groups excluding carboxylic acids is 1. The van der Waals surface area contributed by atoms with Crippen molar-refractivity contribution in [2.24, 2.45) is 7.05 Å². The van der Waals surface area contributed by atoms with Gasteiger partial charge in [0.1, 0.15) is 17.6 Å². The van der Waals surface area contributed by atoms with Gasteiger partial charge < -0.3 is 0 Å². The second kappa shape index (κ2) is 7.99. The fourth-order valence-corrected chi connectivity index (χ4v) is 3.96. The van der Waals surface area contributed by atoms with Gasteiger partial charge in [-0.1, -0.05) is 0 Å². The van der Waals surface area contributed by atoms with Crippen molar-refractivity contribution in [2.75, 3.05) is 10.1 Å². The lowest BCUT2D eigenvalue weighted by molar-refractivity contribution is -0.143. The number of sulfonamides is 1. The summed E-state index contributed by atoms with van der Waals surface area (Å²) in [5, 5.41) is 9.25. The number of rotatable bonds is 4. The molecule has 0 aliphatic carbocycles. The normalized spacial score (nSPS) is 11.8. The van der Waals surface area contributed by atoms with Gasteiger partial charge in [-0.2, -0.15) is 18.4 Å². The van der Waals surface area contributed by atoms with Crippen LogP contribution in [-0.4, -0.2) is 29.6 Å². The summed E-state index contributed by atoms with van der Waals surface area (Å²) in [7, 11) is -3.68. The number of nitriles is 1. The highest BCUT2D eigenvalue weighted by molar-refractivity contribution is 7.93. The number of nitrogens with one attached hydrogen (secondary N) is 1. The van der Waals surface area contributed by atoms with Crippen LogP contribution in [0.3, 0.4) is 0 Å². The summed E-state index contributed by atoms with van der Waals surface area (Å²) in [6.45, 7) is 1.98. The van der Waals surface area contributed by atoms with Crippen LogP contribution < -0.4 is 15.6 Å². The Morgan fingerprint density at radius 2 is 1.87 bits per heavy atom. The number of halogens is 4. The first-order chi connectivity index (χ1) is 14.2. The van der Waals surface area contributed by atoms with Crippen LogP contribution in [-0.2, 0) is 28.0 Å². The van der Waals surface area contributed by atoms with Crippen LogP contribution >= 0.6 is 0 Å². The number of alkyl halides is 3. The Bertz CT molecular complexity index is 1340. The molecule has 1 aromatic heterocycles. The third-order valence-corrected chi connectivity index (χ3v) is 5.96. The van der Waals surface area contributed by atoms with Crippen LogP contribution in [0.15, 0.2) is 21.7 Å². The minimum absolute atomic E-state index is 0.0412. The smallest absolute Gasteiger partial charge is 0.292 e. The van der Waals surface area contributed by atoms with Gasteiger partial charge >= 0.3 is 11.9 Å². The van der Waals surface area contributed by atoms with Gasteiger partial charge in [0.15, 0.2) is 0 Å². The Morgan fingerprint density at radius 3 is 2.32 bits per heavy atom. The number of hydrogen-bond acceptors (Lipinski definition) is 6. The third-order valence-electron chi connectivity index (χ3n) is 4.22. The summed E-state index contributed by atoms with van der Waals surface area (Å²) in [5.74, 6) is -3.23. The Morgan fingerprint density at radius 1 is 1.29 bits per heavy atom. The first-order valence-electron chi connectivity index (χ1n) is 8.35. The van der Waals surface area contributed by atoms with E-state index in [1.807, 2.05) is 0 Å². The first kappa shape index (κ1) is 23.8. The molecule has 9 nitrogen and oxygen atoms in total. The lowest BCUT2D eigenvalue weighted by Crippen LogP contribution is -2.37. The molecule has 0 saturated heterocycles. The molecule has 14 heteroatoms. The predicted octanol–water partition coefficient (Wildman–Crippen LogP) is 1.47. The molecule has 1 amide bonds. The van der Waals surface area contributed by atoms with Crippen molar-refractivity contribution in [1.82, 2.24) is 9.55 Å². The fraction of sp³-hybridized carbons (Fsp3) is 0.294. The third kappa shape index (κ3) is 4.22. The molecular weight excluding hydrogens is 448 g/mol. The number of nitrogens with zero attached hydrogens (tertiary/aromatic N) is 3. The van der Waals surface area contributed by atoms with Gasteiger partial charge in [-0.15, -0.1) is 0 Å². The summed E-state index contributed by atoms with van der Waals surface area (Å²) in [4.78, 5) is 37.5. The minimum atomic E-state index is -5.28. The van der Waals surface area contributed by atoms with E-state index in [9.17, 15) is 45.6 Å². The molecule has 166 valence electrons. The van der Waals surface area contributed by atoms with E-state index in [-0.39, 0.29) is 8.87 Å². The van der Waals surface area contributed by atoms with Crippen LogP contribution in [0.5, 0.6) is 0 Å². The standard InChI is InChI=1S/C17H14F4N4O5S/c1-4-31(29,30)25(8(2)26)12-6-10(11(18)5-9(12)7-22)13-14(17(19,20)21)24(3)16(28)23-15(13)27/h5-6H,4H2,1-3H3,(H,23,27,28). The van der Waals surface area contributed by atoms with E-state index < -0.39 is 73.0 Å². The van der Waals surface area contributed by atoms with E-state index in [0.29, 0.717) is 19.2 Å². The Hall–Kier alpha value is -3.47. The van der Waals surface area contributed by atoms with Crippen molar-refractivity contribution >= 4 is 21.6 Å². The summed E-state index contributed by atoms with van der Waals surface area (Å²) in [5.41, 5.74) is -8.63. The van der Waals surface area contributed by atoms with E-state index in [4.69, 9.17) is 0 Å². The number of carbonyl (C=O) groups is 1. The molecule has 1 heterocycles. The van der Waals surface area contributed by atoms with Crippen molar-refractivity contribution in [3.63, 3.8) is 0 Å². The number of aromatic nitrogens is 2. The van der Waals surface area contributed by atoms with Crippen molar-refractivity contribution in [1.29, 1.82) is 5.26 Å². The number of benzene rings is 1. The van der Waals surface area contributed by atoms with Gasteiger partial charge in [-0.05, 0) is 19.1 Å². The van der Waals surface area contributed by atoms with Gasteiger partial charge in [0, 0.05) is 19.5 Å². The Balaban J connectivity index is 3.09. The largest absolute Gasteiger partial charge is 0.432 e. The van der Waals surface area contributed by atoms with Crippen LogP contribution in [0.4, 0.5) is 23.2 Å². The topological polar surface area (TPSA) is 133 Å². The van der Waals surface area contributed by atoms with E-state index in [1.165, 1.54) is 13.0 Å². The van der Waals surface area contributed by atoms with E-state index in [0.717, 1.165) is 6.92 Å². The Kier molecular flexibility index (Phi) is 6.13. The molecule has 31 heavy (non-hydrogen) atoms. The molecule has 0 radical (unpaired) electrons. The summed E-state index contributed by atoms with van der Waals surface area (Å²) < 4.78 is 80.4. The minimum Gasteiger partial charge on any atom is -0.292 e. The number of H-pyrrole nitrogens is 1. The Labute approximate surface area is 172 Å². The lowest BCUT2D eigenvalue weighted by atomic mass is 10.0. The maximum atomic E-state index is 14.7. The van der Waals surface area contributed by atoms with Gasteiger partial charge in [0.25, 0.3) is 5.56 Å². The van der Waals surface area contributed by atoms with Crippen molar-refractivity contribution in [2.45, 2.75) is 20.0 Å². The number of hydrogen-bond donors (Lipinski definition) is 1. The summed E-state index contributed by atoms with van der Waals surface area (Å²) >= 11 is 0. The highest BCUT2D eigenvalue weighted by atomic mass is 32.2. The SMILES string of the molecule is CCS(=O)(=O)N(C(C)=O)c1cc(-c2c(C(F)(F)F)n(C)c(=O)[nH]c2=O)c(F)cc1C#N. The van der Waals surface area contributed by atoms with Crippen LogP contribution in [0, 0.1) is 17.1 Å². The fourth-order valence-electron chi connectivity index (χ4n) is 2.86. The van der Waals surface area contributed by atoms with Crippen molar-refractivity contribution in [3.8, 4) is 17.2 Å². The number of aromatic amines is 1. The first-order valence-corrected chi connectivity index (χ1v) is 9.96. The zero-order valence-corrected chi connectivity index (χ0v) is 17.0. The number of amides is 1. The van der Waals surface area contributed by atoms with Gasteiger partial charge in [0.05, 0.1) is 22.6 Å². The average molecular weight is 462 g/mol. The monoisotopic (exact) mass is 462 g/mol. The number of anilines is 1. The molecule has 0 aliphatic rings. The summed E-state index contributed by atoms with van der Waals surface area (Å²) in [6.07, 6.45) is -5.28.